The van der Waals surface area contributed by atoms with Gasteiger partial charge in [-0.25, -0.2) is 4.39 Å². The van der Waals surface area contributed by atoms with E-state index in [1.54, 1.807) is 19.2 Å². The second-order valence-corrected chi connectivity index (χ2v) is 7.78. The Hall–Kier alpha value is -0.930. The molecule has 0 saturated carbocycles. The van der Waals surface area contributed by atoms with Crippen LogP contribution in [0.4, 0.5) is 4.39 Å². The number of nitrogens with zero attached hydrogens (tertiary/aromatic N) is 1. The molecule has 1 aromatic carbocycles. The van der Waals surface area contributed by atoms with Gasteiger partial charge in [0, 0.05) is 45.4 Å². The Morgan fingerprint density at radius 1 is 1.28 bits per heavy atom. The third-order valence-corrected chi connectivity index (χ3v) is 5.55. The Morgan fingerprint density at radius 3 is 2.59 bits per heavy atom. The average Bonchev–Trinajstić information content (AvgIpc) is 2.70. The Balaban J connectivity index is 0.00000420. The molecule has 1 saturated heterocycles. The molecule has 7 heteroatoms. The number of benzene rings is 1. The van der Waals surface area contributed by atoms with E-state index in [-0.39, 0.29) is 41.3 Å². The zero-order chi connectivity index (χ0) is 20.4. The Labute approximate surface area is 192 Å². The van der Waals surface area contributed by atoms with E-state index in [0.29, 0.717) is 25.7 Å². The lowest BCUT2D eigenvalue weighted by atomic mass is 9.74. The largest absolute Gasteiger partial charge is 0.381 e. The Bertz CT molecular complexity index is 622. The van der Waals surface area contributed by atoms with E-state index in [1.165, 1.54) is 6.07 Å². The minimum atomic E-state index is -0.193. The van der Waals surface area contributed by atoms with Crippen molar-refractivity contribution < 1.29 is 13.9 Å². The van der Waals surface area contributed by atoms with Crippen LogP contribution < -0.4 is 10.6 Å². The predicted molar refractivity (Wildman–Crippen MR) is 128 cm³/mol. The summed E-state index contributed by atoms with van der Waals surface area (Å²) in [6, 6.07) is 6.95. The first-order valence-electron chi connectivity index (χ1n) is 10.4. The van der Waals surface area contributed by atoms with Crippen LogP contribution in [0.5, 0.6) is 0 Å². The first kappa shape index (κ1) is 26.1. The zero-order valence-electron chi connectivity index (χ0n) is 18.2. The number of hydrogen-bond donors (Lipinski definition) is 2. The van der Waals surface area contributed by atoms with Crippen molar-refractivity contribution in [1.82, 2.24) is 10.6 Å². The number of halogens is 2. The summed E-state index contributed by atoms with van der Waals surface area (Å²) in [4.78, 5) is 4.35. The Morgan fingerprint density at radius 2 is 2.00 bits per heavy atom. The zero-order valence-corrected chi connectivity index (χ0v) is 20.5. The third-order valence-electron chi connectivity index (χ3n) is 5.55. The quantitative estimate of drug-likeness (QED) is 0.292. The molecule has 0 spiro atoms. The van der Waals surface area contributed by atoms with Crippen molar-refractivity contribution in [2.75, 3.05) is 40.0 Å². The summed E-state index contributed by atoms with van der Waals surface area (Å²) in [6.45, 7) is 9.99. The molecular formula is C22H37FIN3O2. The number of ether oxygens (including phenoxy) is 2. The maximum absolute atomic E-state index is 13.8. The average molecular weight is 521 g/mol. The fourth-order valence-electron chi connectivity index (χ4n) is 3.78. The standard InChI is InChI=1S/C22H36FN3O2.HI/c1-5-28-20(17(2)3)9-12-25-21(24-4)26-16-22(10-13-27-14-11-22)18-7-6-8-19(23)15-18;/h6-8,15,17,20H,5,9-14,16H2,1-4H3,(H2,24,25,26);1H. The number of rotatable bonds is 9. The van der Waals surface area contributed by atoms with E-state index in [1.807, 2.05) is 13.0 Å². The SMILES string of the molecule is CCOC(CCNC(=NC)NCC1(c2cccc(F)c2)CCOCC1)C(C)C.I. The van der Waals surface area contributed by atoms with Crippen LogP contribution in [-0.4, -0.2) is 52.0 Å². The van der Waals surface area contributed by atoms with E-state index in [0.717, 1.165) is 43.9 Å². The second kappa shape index (κ2) is 13.4. The van der Waals surface area contributed by atoms with E-state index >= 15 is 0 Å². The molecule has 5 nitrogen and oxygen atoms in total. The molecule has 2 N–H and O–H groups in total. The van der Waals surface area contributed by atoms with Gasteiger partial charge in [-0.15, -0.1) is 24.0 Å². The van der Waals surface area contributed by atoms with Gasteiger partial charge in [0.15, 0.2) is 5.96 Å². The number of guanidine groups is 1. The maximum atomic E-state index is 13.8. The fraction of sp³-hybridized carbons (Fsp3) is 0.682. The normalized spacial score (nSPS) is 17.5. The van der Waals surface area contributed by atoms with Gasteiger partial charge in [0.25, 0.3) is 0 Å². The van der Waals surface area contributed by atoms with E-state index < -0.39 is 0 Å². The minimum Gasteiger partial charge on any atom is -0.381 e. The molecule has 29 heavy (non-hydrogen) atoms. The number of hydrogen-bond acceptors (Lipinski definition) is 3. The predicted octanol–water partition coefficient (Wildman–Crippen LogP) is 4.11. The molecule has 1 heterocycles. The van der Waals surface area contributed by atoms with Crippen LogP contribution in [0.15, 0.2) is 29.3 Å². The van der Waals surface area contributed by atoms with Gasteiger partial charge in [0.05, 0.1) is 6.10 Å². The highest BCUT2D eigenvalue weighted by Crippen LogP contribution is 2.34. The summed E-state index contributed by atoms with van der Waals surface area (Å²) in [5.41, 5.74) is 0.874. The van der Waals surface area contributed by atoms with Crippen LogP contribution in [0.3, 0.4) is 0 Å². The molecule has 0 amide bonds. The van der Waals surface area contributed by atoms with Crippen molar-refractivity contribution in [3.05, 3.63) is 35.6 Å². The number of nitrogens with one attached hydrogen (secondary N) is 2. The van der Waals surface area contributed by atoms with Crippen molar-refractivity contribution >= 4 is 29.9 Å². The van der Waals surface area contributed by atoms with Gasteiger partial charge in [-0.2, -0.15) is 0 Å². The van der Waals surface area contributed by atoms with Crippen LogP contribution in [0, 0.1) is 11.7 Å². The molecule has 1 fully saturated rings. The van der Waals surface area contributed by atoms with Gasteiger partial charge in [0.2, 0.25) is 0 Å². The maximum Gasteiger partial charge on any atom is 0.191 e. The van der Waals surface area contributed by atoms with E-state index in [2.05, 4.69) is 29.5 Å². The number of aliphatic imine (C=N–C) groups is 1. The van der Waals surface area contributed by atoms with Crippen LogP contribution in [0.2, 0.25) is 0 Å². The van der Waals surface area contributed by atoms with Gasteiger partial charge in [-0.3, -0.25) is 4.99 Å². The topological polar surface area (TPSA) is 54.9 Å². The van der Waals surface area contributed by atoms with Crippen LogP contribution in [-0.2, 0) is 14.9 Å². The summed E-state index contributed by atoms with van der Waals surface area (Å²) in [6.07, 6.45) is 2.89. The molecule has 1 aliphatic heterocycles. The van der Waals surface area contributed by atoms with Crippen molar-refractivity contribution in [3.8, 4) is 0 Å². The third kappa shape index (κ3) is 8.02. The smallest absolute Gasteiger partial charge is 0.191 e. The molecule has 0 radical (unpaired) electrons. The van der Waals surface area contributed by atoms with Gasteiger partial charge in [0.1, 0.15) is 5.82 Å². The van der Waals surface area contributed by atoms with Crippen molar-refractivity contribution in [2.24, 2.45) is 10.9 Å². The van der Waals surface area contributed by atoms with Crippen molar-refractivity contribution in [2.45, 2.75) is 51.6 Å². The first-order chi connectivity index (χ1) is 13.5. The lowest BCUT2D eigenvalue weighted by molar-refractivity contribution is 0.0258. The monoisotopic (exact) mass is 521 g/mol. The van der Waals surface area contributed by atoms with Crippen molar-refractivity contribution in [3.63, 3.8) is 0 Å². The fourth-order valence-corrected chi connectivity index (χ4v) is 3.78. The summed E-state index contributed by atoms with van der Waals surface area (Å²) >= 11 is 0. The molecule has 1 aliphatic rings. The highest BCUT2D eigenvalue weighted by atomic mass is 127. The summed E-state index contributed by atoms with van der Waals surface area (Å²) in [7, 11) is 1.77. The van der Waals surface area contributed by atoms with Gasteiger partial charge < -0.3 is 20.1 Å². The molecular weight excluding hydrogens is 484 g/mol. The first-order valence-corrected chi connectivity index (χ1v) is 10.4. The second-order valence-electron chi connectivity index (χ2n) is 7.78. The van der Waals surface area contributed by atoms with Crippen molar-refractivity contribution in [1.29, 1.82) is 0 Å². The highest BCUT2D eigenvalue weighted by molar-refractivity contribution is 14.0. The molecule has 0 aliphatic carbocycles. The summed E-state index contributed by atoms with van der Waals surface area (Å²) in [5, 5.41) is 6.84. The van der Waals surface area contributed by atoms with E-state index in [9.17, 15) is 4.39 Å². The summed E-state index contributed by atoms with van der Waals surface area (Å²) < 4.78 is 25.2. The van der Waals surface area contributed by atoms with Gasteiger partial charge in [-0.1, -0.05) is 26.0 Å². The molecule has 1 atom stereocenters. The Kier molecular flexibility index (Phi) is 12.1. The van der Waals surface area contributed by atoms with Crippen LogP contribution >= 0.6 is 24.0 Å². The lowest BCUT2D eigenvalue weighted by Crippen LogP contribution is -2.48. The molecule has 0 aromatic heterocycles. The molecule has 0 bridgehead atoms. The van der Waals surface area contributed by atoms with E-state index in [4.69, 9.17) is 9.47 Å². The van der Waals surface area contributed by atoms with Crippen LogP contribution in [0.1, 0.15) is 45.6 Å². The lowest BCUT2D eigenvalue weighted by Gasteiger charge is -2.38. The highest BCUT2D eigenvalue weighted by Gasteiger charge is 2.35. The molecule has 2 rings (SSSR count). The summed E-state index contributed by atoms with van der Waals surface area (Å²) in [5.74, 6) is 1.05. The molecule has 1 aromatic rings. The van der Waals surface area contributed by atoms with Crippen LogP contribution in [0.25, 0.3) is 0 Å². The van der Waals surface area contributed by atoms with Gasteiger partial charge in [-0.05, 0) is 49.8 Å². The minimum absolute atomic E-state index is 0. The molecule has 1 unspecified atom stereocenters. The molecule has 166 valence electrons. The van der Waals surface area contributed by atoms with Gasteiger partial charge >= 0.3 is 0 Å².